The van der Waals surface area contributed by atoms with Gasteiger partial charge in [-0.2, -0.15) is 0 Å². The molecule has 2 heterocycles. The van der Waals surface area contributed by atoms with Crippen LogP contribution in [-0.4, -0.2) is 50.9 Å². The summed E-state index contributed by atoms with van der Waals surface area (Å²) in [6.07, 6.45) is -0.843. The second kappa shape index (κ2) is 10.9. The molecular formula is C23H27BrN2O8S. The van der Waals surface area contributed by atoms with E-state index in [9.17, 15) is 9.90 Å². The number of cyclic esters (lactones) is 1. The van der Waals surface area contributed by atoms with E-state index in [0.717, 1.165) is 11.1 Å². The number of rotatable bonds is 4. The fourth-order valence-electron chi connectivity index (χ4n) is 4.81. The van der Waals surface area contributed by atoms with E-state index in [1.165, 1.54) is 7.11 Å². The number of methoxy groups -OCH3 is 3. The van der Waals surface area contributed by atoms with E-state index in [1.54, 1.807) is 20.3 Å². The lowest BCUT2D eigenvalue weighted by Gasteiger charge is -2.37. The molecule has 10 nitrogen and oxygen atoms in total. The van der Waals surface area contributed by atoms with Crippen molar-refractivity contribution in [1.29, 1.82) is 0 Å². The van der Waals surface area contributed by atoms with Gasteiger partial charge in [0.2, 0.25) is 12.5 Å². The molecule has 0 aromatic heterocycles. The quantitative estimate of drug-likeness (QED) is 0.275. The van der Waals surface area contributed by atoms with E-state index < -0.39 is 12.0 Å². The number of fused-ring (bicyclic) bond motifs is 3. The van der Waals surface area contributed by atoms with Gasteiger partial charge in [0.25, 0.3) is 5.11 Å². The Morgan fingerprint density at radius 1 is 1.03 bits per heavy atom. The molecule has 0 radical (unpaired) electrons. The number of aliphatic hydroxyl groups excluding tert-OH is 1. The van der Waals surface area contributed by atoms with Gasteiger partial charge in [-0.05, 0) is 41.0 Å². The van der Waals surface area contributed by atoms with Crippen LogP contribution in [-0.2, 0) is 9.53 Å². The molecular weight excluding hydrogens is 544 g/mol. The van der Waals surface area contributed by atoms with E-state index in [1.807, 2.05) is 18.2 Å². The average Bonchev–Trinajstić information content (AvgIpc) is 3.43. The van der Waals surface area contributed by atoms with E-state index >= 15 is 0 Å². The Morgan fingerprint density at radius 2 is 1.57 bits per heavy atom. The molecule has 190 valence electrons. The molecule has 2 aromatic carbocycles. The van der Waals surface area contributed by atoms with Gasteiger partial charge < -0.3 is 62.0 Å². The number of ether oxygens (including phenoxy) is 6. The summed E-state index contributed by atoms with van der Waals surface area (Å²) < 4.78 is 32.9. The maximum Gasteiger partial charge on any atom is 0.310 e. The molecule has 5 rings (SSSR count). The summed E-state index contributed by atoms with van der Waals surface area (Å²) in [5, 5.41) is 11.3. The first kappa shape index (κ1) is 26.8. The zero-order valence-electron chi connectivity index (χ0n) is 19.4. The van der Waals surface area contributed by atoms with Gasteiger partial charge in [0.15, 0.2) is 23.0 Å². The molecule has 0 bridgehead atoms. The van der Waals surface area contributed by atoms with Crippen LogP contribution in [0.5, 0.6) is 28.7 Å². The Hall–Kier alpha value is -2.80. The van der Waals surface area contributed by atoms with Gasteiger partial charge >= 0.3 is 5.97 Å². The zero-order chi connectivity index (χ0) is 24.6. The van der Waals surface area contributed by atoms with Crippen molar-refractivity contribution in [1.82, 2.24) is 0 Å². The highest BCUT2D eigenvalue weighted by Crippen LogP contribution is 2.55. The maximum absolute atomic E-state index is 12.7. The summed E-state index contributed by atoms with van der Waals surface area (Å²) in [5.41, 5.74) is 10.2. The van der Waals surface area contributed by atoms with Crippen molar-refractivity contribution in [2.75, 3.05) is 34.7 Å². The lowest BCUT2D eigenvalue weighted by Crippen LogP contribution is -3.00. The van der Waals surface area contributed by atoms with Gasteiger partial charge in [0, 0.05) is 24.1 Å². The smallest absolute Gasteiger partial charge is 0.310 e. The third-order valence-corrected chi connectivity index (χ3v) is 6.19. The predicted octanol–water partition coefficient (Wildman–Crippen LogP) is -2.11. The number of quaternary nitrogens is 1. The Morgan fingerprint density at radius 3 is 2.09 bits per heavy atom. The van der Waals surface area contributed by atoms with Gasteiger partial charge in [-0.15, -0.1) is 0 Å². The molecule has 0 saturated carbocycles. The van der Waals surface area contributed by atoms with E-state index in [0.29, 0.717) is 34.3 Å². The highest BCUT2D eigenvalue weighted by atomic mass is 79.9. The van der Waals surface area contributed by atoms with Crippen molar-refractivity contribution < 1.29 is 61.0 Å². The SMILES string of the molecule is COc1cc([C@@H]2c3cc4c(cc3[C@H](O)[C@H]3COC(=O)[C@H]23)OCO4)cc(OC)c1OC.NC([NH3+])=S.[Br-]. The van der Waals surface area contributed by atoms with Crippen LogP contribution in [0.4, 0.5) is 0 Å². The molecule has 4 atom stereocenters. The number of thiocarbonyl (C=S) groups is 1. The molecule has 2 aromatic rings. The molecule has 1 aliphatic carbocycles. The largest absolute Gasteiger partial charge is 1.00 e. The number of hydrogen-bond donors (Lipinski definition) is 3. The second-order valence-corrected chi connectivity index (χ2v) is 8.53. The predicted molar refractivity (Wildman–Crippen MR) is 123 cm³/mol. The summed E-state index contributed by atoms with van der Waals surface area (Å²) in [6, 6.07) is 7.31. The van der Waals surface area contributed by atoms with Crippen LogP contribution in [0.1, 0.15) is 28.7 Å². The highest BCUT2D eigenvalue weighted by Gasteiger charge is 2.52. The van der Waals surface area contributed by atoms with Crippen LogP contribution in [0.15, 0.2) is 24.3 Å². The summed E-state index contributed by atoms with van der Waals surface area (Å²) in [5.74, 6) is 0.989. The standard InChI is InChI=1S/C22H22O8.CH4N2S.BrH/c1-25-16-4-10(5-17(26-2)21(16)27-3)18-11-6-14-15(30-9-29-14)7-12(11)20(23)13-8-28-22(24)19(13)18;2-1(3)4;/h4-7,13,18-20,23H,8-9H2,1-3H3;(H4,2,3,4);1H/t13-,18+,19-,20-;;/m0../s1. The molecule has 6 N–H and O–H groups in total. The summed E-state index contributed by atoms with van der Waals surface area (Å²) in [6.45, 7) is 0.289. The zero-order valence-corrected chi connectivity index (χ0v) is 21.8. The Bertz CT molecular complexity index is 1100. The molecule has 3 aliphatic rings. The van der Waals surface area contributed by atoms with Crippen LogP contribution in [0.3, 0.4) is 0 Å². The van der Waals surface area contributed by atoms with Crippen molar-refractivity contribution in [3.05, 3.63) is 41.0 Å². The number of esters is 1. The Balaban J connectivity index is 0.000000638. The number of benzene rings is 2. The lowest BCUT2D eigenvalue weighted by atomic mass is 9.66. The molecule has 0 spiro atoms. The molecule has 2 aliphatic heterocycles. The number of nitrogens with two attached hydrogens (primary N) is 1. The fourth-order valence-corrected chi connectivity index (χ4v) is 4.81. The number of halogens is 1. The first-order valence-electron chi connectivity index (χ1n) is 10.5. The molecule has 1 saturated heterocycles. The van der Waals surface area contributed by atoms with E-state index in [-0.39, 0.29) is 53.3 Å². The third kappa shape index (κ3) is 4.83. The van der Waals surface area contributed by atoms with E-state index in [2.05, 4.69) is 18.0 Å². The number of aliphatic hydroxyl groups is 1. The van der Waals surface area contributed by atoms with Crippen molar-refractivity contribution in [3.63, 3.8) is 0 Å². The van der Waals surface area contributed by atoms with Gasteiger partial charge in [0.1, 0.15) is 0 Å². The summed E-state index contributed by atoms with van der Waals surface area (Å²) in [7, 11) is 4.63. The van der Waals surface area contributed by atoms with Crippen molar-refractivity contribution in [3.8, 4) is 28.7 Å². The highest BCUT2D eigenvalue weighted by molar-refractivity contribution is 7.79. The molecule has 35 heavy (non-hydrogen) atoms. The van der Waals surface area contributed by atoms with Crippen LogP contribution in [0.2, 0.25) is 0 Å². The van der Waals surface area contributed by atoms with E-state index in [4.69, 9.17) is 34.2 Å². The molecule has 12 heteroatoms. The van der Waals surface area contributed by atoms with Crippen LogP contribution in [0.25, 0.3) is 0 Å². The van der Waals surface area contributed by atoms with Crippen LogP contribution < -0.4 is 52.1 Å². The Labute approximate surface area is 218 Å². The van der Waals surface area contributed by atoms with Crippen molar-refractivity contribution in [2.24, 2.45) is 17.6 Å². The molecule has 0 unspecified atom stereocenters. The normalized spacial score (nSPS) is 22.9. The van der Waals surface area contributed by atoms with Gasteiger partial charge in [0.05, 0.1) is 40.0 Å². The monoisotopic (exact) mass is 570 g/mol. The minimum atomic E-state index is -0.843. The first-order valence-corrected chi connectivity index (χ1v) is 10.9. The minimum absolute atomic E-state index is 0. The number of carbonyl (C=O) groups is 1. The van der Waals surface area contributed by atoms with Gasteiger partial charge in [-0.3, -0.25) is 4.79 Å². The van der Waals surface area contributed by atoms with Crippen molar-refractivity contribution >= 4 is 23.3 Å². The molecule has 0 amide bonds. The molecule has 1 fully saturated rings. The number of hydrogen-bond acceptors (Lipinski definition) is 9. The van der Waals surface area contributed by atoms with Gasteiger partial charge in [-0.1, -0.05) is 0 Å². The fraction of sp³-hybridized carbons (Fsp3) is 0.391. The topological polar surface area (TPSA) is 146 Å². The average molecular weight is 571 g/mol. The maximum atomic E-state index is 12.7. The minimum Gasteiger partial charge on any atom is -1.00 e. The first-order chi connectivity index (χ1) is 16.3. The Kier molecular flexibility index (Phi) is 8.31. The second-order valence-electron chi connectivity index (χ2n) is 8.00. The number of carbonyl (C=O) groups excluding carboxylic acids is 1. The van der Waals surface area contributed by atoms with Gasteiger partial charge in [-0.25, -0.2) is 0 Å². The van der Waals surface area contributed by atoms with Crippen molar-refractivity contribution in [2.45, 2.75) is 12.0 Å². The van der Waals surface area contributed by atoms with Crippen LogP contribution in [0, 0.1) is 11.8 Å². The summed E-state index contributed by atoms with van der Waals surface area (Å²) in [4.78, 5) is 12.7. The third-order valence-electron chi connectivity index (χ3n) is 6.19. The lowest BCUT2D eigenvalue weighted by molar-refractivity contribution is -0.210. The van der Waals surface area contributed by atoms with Crippen LogP contribution >= 0.6 is 12.2 Å². The summed E-state index contributed by atoms with van der Waals surface area (Å²) >= 11 is 4.20.